The van der Waals surface area contributed by atoms with Crippen molar-refractivity contribution < 1.29 is 125 Å². The molecule has 0 aliphatic carbocycles. The van der Waals surface area contributed by atoms with Crippen LogP contribution in [0.1, 0.15) is 197 Å². The molecule has 41 heteroatoms. The maximum Gasteiger partial charge on any atom is 0.305 e. The molecule has 0 aliphatic rings. The number of unbranched alkanes of at least 4 members (excludes halogenated alkanes) is 1. The molecule has 0 radical (unpaired) electrons. The lowest BCUT2D eigenvalue weighted by Gasteiger charge is -2.33. The number of imidazole rings is 1. The number of Topliss-reactive ketones (excluding diaryl/α,β-unsaturated/α-hetero) is 5. The lowest BCUT2D eigenvalue weighted by molar-refractivity contribution is -0.143. The fraction of sp³-hybridized carbons (Fsp3) is 0.596. The van der Waals surface area contributed by atoms with Crippen LogP contribution in [0.15, 0.2) is 104 Å². The molecular weight excluding hydrogens is 1880 g/mol. The van der Waals surface area contributed by atoms with Gasteiger partial charge in [0.1, 0.15) is 34.8 Å². The number of aromatic nitrogens is 9. The van der Waals surface area contributed by atoms with Gasteiger partial charge in [0.2, 0.25) is 35.4 Å². The van der Waals surface area contributed by atoms with Crippen molar-refractivity contribution in [2.75, 3.05) is 119 Å². The van der Waals surface area contributed by atoms with Crippen LogP contribution < -0.4 is 36.6 Å². The van der Waals surface area contributed by atoms with Crippen LogP contribution >= 0.6 is 0 Å². The standard InChI is InChI=1S/C104H150FN15O25/c1-13-75-56-82(145-37-17-16-35-120-64-81(114-119-120)66-144-51-50-143-49-48-142-47-46-141-45-44-140-43-42-139-41-40-138-39-38-137-36-19-33-102(7,8)9)28-29-83(75)76-26-24-73(25-27-76)55-78(97(132)109-85(70(4)122)23-18-20-74-53-68(2)52-69(3)54-74)57-89(126)87(60-94(130)131)110-98(133)79(65-121)58-90(127)95(71(5)123)113-101(136)104(12,61-77-21-14-15-22-84(77)105)62-91(128)96(72(6)124)112-93(129)31-30-88(125)86(59-92-115-117-118-116-92)111-100(135)103(10,11)99(134)107-34-32-80-63-106-67-108-80/h14-15,21-22,24-29,52-54,56,63-64,67,71-72,78-79,85-87,95-96,121,123-124H,13,16-20,23,30-51,55,57-62,65-66H2,1-12H3,(H,106,108)(H,107,134)(H,109,132)(H,110,133)(H,111,135)(H,112,129)(H,113,136)(H,130,131)(H,115,116,117,118)/t71-,72-,78-,79+,85+,86+,87+,95+,96+,104+/m1/s1. The number of hydrogen-bond donors (Lipinski definition) is 12. The number of aliphatic hydroxyl groups excluding tert-OH is 3. The molecule has 0 fully saturated rings. The molecule has 145 heavy (non-hydrogen) atoms. The van der Waals surface area contributed by atoms with Gasteiger partial charge in [-0.1, -0.05) is 123 Å². The summed E-state index contributed by atoms with van der Waals surface area (Å²) in [4.78, 5) is 176. The van der Waals surface area contributed by atoms with Crippen molar-refractivity contribution in [3.63, 3.8) is 0 Å². The molecule has 7 aromatic rings. The molecular formula is C104H150FN15O25. The highest BCUT2D eigenvalue weighted by atomic mass is 19.1. The largest absolute Gasteiger partial charge is 0.494 e. The molecule has 40 nitrogen and oxygen atoms in total. The molecule has 3 heterocycles. The molecule has 10 atom stereocenters. The smallest absolute Gasteiger partial charge is 0.305 e. The molecule has 6 amide bonds. The number of carbonyl (C=O) groups excluding carboxylic acids is 11. The summed E-state index contributed by atoms with van der Waals surface area (Å²) in [5.74, 6) is -14.6. The number of halogens is 1. The molecule has 0 saturated heterocycles. The van der Waals surface area contributed by atoms with Crippen LogP contribution in [-0.4, -0.2) is 298 Å². The maximum atomic E-state index is 15.7. The minimum absolute atomic E-state index is 0.0141. The number of aliphatic carboxylic acids is 1. The number of hydrogen-bond acceptors (Lipinski definition) is 30. The van der Waals surface area contributed by atoms with Crippen molar-refractivity contribution in [3.05, 3.63) is 160 Å². The lowest BCUT2D eigenvalue weighted by Crippen LogP contribution is -2.55. The SMILES string of the molecule is CCc1cc(OCCCCn2cc(COCCOCCOCCOCCOCCOCCOCCOCCCC(C)(C)C)nn2)ccc1-c1ccc(C[C@H](CC(=O)[C@H](CC(=O)O)NC(=O)[C@H](CO)CC(=O)[C@@H](NC(=O)[C@](C)(CC(=O)[C@@H](NC(=O)CCC(=O)[C@H](Cc2nn[nH]n2)NC(=O)C(C)(C)C(=O)NCCc2cnc[nH]2)[C@@H](C)O)Cc2ccccc2F)[C@@H](C)O)C(=O)N[C@@H](CCCc2cc(C)cc(C)c2)C(C)=O)cc1. The lowest BCUT2D eigenvalue weighted by atomic mass is 9.76. The van der Waals surface area contributed by atoms with Crippen LogP contribution in [0.3, 0.4) is 0 Å². The van der Waals surface area contributed by atoms with Crippen LogP contribution in [0.2, 0.25) is 0 Å². The number of nitrogens with one attached hydrogen (secondary N) is 8. The summed E-state index contributed by atoms with van der Waals surface area (Å²) >= 11 is 0. The topological polar surface area (TPSA) is 555 Å². The van der Waals surface area contributed by atoms with Crippen molar-refractivity contribution in [1.82, 2.24) is 77.5 Å². The first-order valence-electron chi connectivity index (χ1n) is 49.7. The Bertz CT molecular complexity index is 5150. The Morgan fingerprint density at radius 1 is 0.559 bits per heavy atom. The van der Waals surface area contributed by atoms with Gasteiger partial charge in [0.15, 0.2) is 34.7 Å². The first-order chi connectivity index (χ1) is 69.2. The second-order valence-electron chi connectivity index (χ2n) is 38.4. The van der Waals surface area contributed by atoms with Gasteiger partial charge in [-0.25, -0.2) is 9.37 Å². The van der Waals surface area contributed by atoms with E-state index >= 15 is 4.39 Å². The number of amides is 6. The first-order valence-corrected chi connectivity index (χ1v) is 49.7. The molecule has 0 saturated carbocycles. The molecule has 0 bridgehead atoms. The predicted molar refractivity (Wildman–Crippen MR) is 531 cm³/mol. The Kier molecular flexibility index (Phi) is 52.7. The van der Waals surface area contributed by atoms with Gasteiger partial charge in [0.05, 0.1) is 173 Å². The van der Waals surface area contributed by atoms with Gasteiger partial charge in [-0.05, 0) is 170 Å². The fourth-order valence-corrected chi connectivity index (χ4v) is 16.0. The maximum absolute atomic E-state index is 15.7. The third-order valence-electron chi connectivity index (χ3n) is 24.2. The van der Waals surface area contributed by atoms with Gasteiger partial charge >= 0.3 is 5.97 Å². The zero-order valence-corrected chi connectivity index (χ0v) is 85.8. The number of H-pyrrole nitrogens is 2. The third kappa shape index (κ3) is 44.6. The van der Waals surface area contributed by atoms with Crippen LogP contribution in [0, 0.1) is 47.7 Å². The first kappa shape index (κ1) is 120. The minimum Gasteiger partial charge on any atom is -0.494 e. The molecule has 12 N–H and O–H groups in total. The Hall–Kier alpha value is -11.8. The van der Waals surface area contributed by atoms with Crippen LogP contribution in [0.5, 0.6) is 5.75 Å². The summed E-state index contributed by atoms with van der Waals surface area (Å²) in [6, 6.07) is 16.3. The van der Waals surface area contributed by atoms with Crippen molar-refractivity contribution in [2.45, 2.75) is 254 Å². The minimum atomic E-state index is -2.11. The number of tetrazole rings is 1. The van der Waals surface area contributed by atoms with E-state index in [9.17, 15) is 78.0 Å². The van der Waals surface area contributed by atoms with Crippen LogP contribution in [0.4, 0.5) is 4.39 Å². The van der Waals surface area contributed by atoms with Crippen LogP contribution in [-0.2, 0) is 147 Å². The molecule has 0 aliphatic heterocycles. The van der Waals surface area contributed by atoms with Gasteiger partial charge in [0, 0.05) is 82.5 Å². The number of ketones is 5. The van der Waals surface area contributed by atoms with E-state index in [2.05, 4.69) is 93.6 Å². The summed E-state index contributed by atoms with van der Waals surface area (Å²) < 4.78 is 68.5. The zero-order chi connectivity index (χ0) is 106. The predicted octanol–water partition coefficient (Wildman–Crippen LogP) is 6.96. The second-order valence-corrected chi connectivity index (χ2v) is 38.4. The quantitative estimate of drug-likeness (QED) is 0.0135. The Morgan fingerprint density at radius 3 is 1.73 bits per heavy atom. The number of rotatable bonds is 76. The van der Waals surface area contributed by atoms with Crippen molar-refractivity contribution >= 4 is 70.3 Å². The Morgan fingerprint density at radius 2 is 1.16 bits per heavy atom. The molecule has 0 spiro atoms. The fourth-order valence-electron chi connectivity index (χ4n) is 16.0. The Labute approximate surface area is 846 Å². The van der Waals surface area contributed by atoms with Crippen LogP contribution in [0.25, 0.3) is 11.1 Å². The number of carboxylic acid groups (broad SMARTS) is 1. The highest BCUT2D eigenvalue weighted by Gasteiger charge is 2.44. The Balaban J connectivity index is 0.912. The number of ether oxygens (including phenoxy) is 9. The van der Waals surface area contributed by atoms with Gasteiger partial charge in [-0.2, -0.15) is 5.21 Å². The van der Waals surface area contributed by atoms with E-state index in [4.69, 9.17) is 42.6 Å². The molecule has 4 aromatic carbocycles. The van der Waals surface area contributed by atoms with E-state index in [1.807, 2.05) is 75.5 Å². The average Bonchev–Trinajstić information content (AvgIpc) is 1.24. The number of benzene rings is 4. The normalized spacial score (nSPS) is 14.0. The molecule has 3 aromatic heterocycles. The summed E-state index contributed by atoms with van der Waals surface area (Å²) in [5, 5.41) is 80.7. The number of aromatic amines is 2. The second kappa shape index (κ2) is 63.6. The number of aliphatic hydroxyl groups is 3. The van der Waals surface area contributed by atoms with E-state index < -0.39 is 187 Å². The monoisotopic (exact) mass is 2030 g/mol. The summed E-state index contributed by atoms with van der Waals surface area (Å²) in [7, 11) is 0. The van der Waals surface area contributed by atoms with Gasteiger partial charge < -0.3 is 99.9 Å². The van der Waals surface area contributed by atoms with E-state index in [-0.39, 0.29) is 49.6 Å². The van der Waals surface area contributed by atoms with Gasteiger partial charge in [-0.15, -0.1) is 15.3 Å². The highest BCUT2D eigenvalue weighted by molar-refractivity contribution is 6.06. The molecule has 0 unspecified atom stereocenters. The van der Waals surface area contributed by atoms with Gasteiger partial charge in [-0.3, -0.25) is 62.2 Å². The number of carbonyl (C=O) groups is 12. The summed E-state index contributed by atoms with van der Waals surface area (Å²) in [5.41, 5.74) is 4.17. The molecule has 798 valence electrons. The summed E-state index contributed by atoms with van der Waals surface area (Å²) in [6.45, 7) is 27.7. The average molecular weight is 2030 g/mol. The van der Waals surface area contributed by atoms with Crippen molar-refractivity contribution in [2.24, 2.45) is 28.1 Å². The number of nitrogens with zero attached hydrogens (tertiary/aromatic N) is 7. The number of carboxylic acids is 1. The molecule has 7 rings (SSSR count). The van der Waals surface area contributed by atoms with E-state index in [0.29, 0.717) is 154 Å². The van der Waals surface area contributed by atoms with E-state index in [1.165, 1.54) is 52.2 Å². The summed E-state index contributed by atoms with van der Waals surface area (Å²) in [6.07, 6.45) is 1.43. The van der Waals surface area contributed by atoms with Crippen molar-refractivity contribution in [3.8, 4) is 16.9 Å². The third-order valence-corrected chi connectivity index (χ3v) is 24.2. The van der Waals surface area contributed by atoms with Gasteiger partial charge in [0.25, 0.3) is 0 Å². The number of aryl methyl sites for hydroxylation is 5. The van der Waals surface area contributed by atoms with E-state index in [1.54, 1.807) is 23.0 Å². The zero-order valence-electron chi connectivity index (χ0n) is 85.8. The van der Waals surface area contributed by atoms with Crippen molar-refractivity contribution in [1.29, 1.82) is 0 Å². The van der Waals surface area contributed by atoms with E-state index in [0.717, 1.165) is 91.3 Å². The highest BCUT2D eigenvalue weighted by Crippen LogP contribution is 2.33.